The molecule has 0 saturated carbocycles. The minimum atomic E-state index is -4.69. The van der Waals surface area contributed by atoms with Crippen molar-refractivity contribution in [3.8, 4) is 5.75 Å². The van der Waals surface area contributed by atoms with Crippen molar-refractivity contribution < 1.29 is 22.3 Å². The van der Waals surface area contributed by atoms with E-state index in [1.165, 1.54) is 0 Å². The van der Waals surface area contributed by atoms with Crippen LogP contribution >= 0.6 is 46.4 Å². The molecule has 0 unspecified atom stereocenters. The molecule has 1 N–H and O–H groups in total. The maximum Gasteiger partial charge on any atom is 0.461 e. The maximum absolute atomic E-state index is 12.9. The number of halogens is 8. The summed E-state index contributed by atoms with van der Waals surface area (Å²) in [5, 5.41) is -0.331. The number of fused-ring (bicyclic) bond motifs is 1. The van der Waals surface area contributed by atoms with Gasteiger partial charge >= 0.3 is 12.5 Å². The summed E-state index contributed by atoms with van der Waals surface area (Å²) in [4.78, 5) is 6.44. The summed E-state index contributed by atoms with van der Waals surface area (Å²) in [5.41, 5.74) is 0.315. The number of ether oxygens (including phenoxy) is 1. The van der Waals surface area contributed by atoms with Crippen LogP contribution in [0.25, 0.3) is 11.0 Å². The monoisotopic (exact) mass is 384 g/mol. The molecular formula is C10H4Cl4F4N2O. The molecule has 1 heterocycles. The number of rotatable bonds is 3. The lowest BCUT2D eigenvalue weighted by Crippen LogP contribution is -2.33. The topological polar surface area (TPSA) is 37.9 Å². The molecule has 0 amide bonds. The van der Waals surface area contributed by atoms with E-state index in [1.54, 1.807) is 0 Å². The van der Waals surface area contributed by atoms with E-state index in [-0.39, 0.29) is 21.9 Å². The Kier molecular flexibility index (Phi) is 4.41. The Morgan fingerprint density at radius 3 is 2.33 bits per heavy atom. The first-order valence-electron chi connectivity index (χ1n) is 5.12. The van der Waals surface area contributed by atoms with E-state index in [4.69, 9.17) is 46.4 Å². The standard InChI is InChI=1S/C10H4Cl4F4N2O/c11-3-1-4-5(20-8(19-4)9(12,13)14)2-6(3)21-10(17,18)7(15)16/h1-2,7H,(H,19,20). The van der Waals surface area contributed by atoms with Crippen LogP contribution in [0.1, 0.15) is 5.82 Å². The van der Waals surface area contributed by atoms with Crippen molar-refractivity contribution in [3.63, 3.8) is 0 Å². The quantitative estimate of drug-likeness (QED) is 0.576. The Hall–Kier alpha value is -0.630. The van der Waals surface area contributed by atoms with Gasteiger partial charge in [0.15, 0.2) is 5.82 Å². The third-order valence-corrected chi connectivity index (χ3v) is 3.14. The number of aromatic amines is 1. The fraction of sp³-hybridized carbons (Fsp3) is 0.300. The normalized spacial score (nSPS) is 13.2. The van der Waals surface area contributed by atoms with Crippen LogP contribution in [0, 0.1) is 0 Å². The predicted octanol–water partition coefficient (Wildman–Crippen LogP) is 5.28. The first-order chi connectivity index (χ1) is 9.50. The van der Waals surface area contributed by atoms with Gasteiger partial charge in [-0.2, -0.15) is 17.6 Å². The zero-order valence-electron chi connectivity index (χ0n) is 9.61. The lowest BCUT2D eigenvalue weighted by molar-refractivity contribution is -0.253. The Labute approximate surface area is 135 Å². The molecule has 11 heteroatoms. The summed E-state index contributed by atoms with van der Waals surface area (Å²) in [6.45, 7) is 0. The molecule has 21 heavy (non-hydrogen) atoms. The molecule has 0 saturated heterocycles. The number of nitrogens with zero attached hydrogens (tertiary/aromatic N) is 1. The second kappa shape index (κ2) is 5.53. The third-order valence-electron chi connectivity index (χ3n) is 2.30. The number of H-pyrrole nitrogens is 1. The van der Waals surface area contributed by atoms with Gasteiger partial charge in [-0.15, -0.1) is 0 Å². The van der Waals surface area contributed by atoms with Gasteiger partial charge in [-0.05, 0) is 6.07 Å². The minimum Gasteiger partial charge on any atom is -0.427 e. The molecule has 116 valence electrons. The zero-order valence-corrected chi connectivity index (χ0v) is 12.6. The molecule has 2 rings (SSSR count). The summed E-state index contributed by atoms with van der Waals surface area (Å²) < 4.78 is 52.0. The average molecular weight is 386 g/mol. The van der Waals surface area contributed by atoms with Crippen molar-refractivity contribution in [2.24, 2.45) is 0 Å². The van der Waals surface area contributed by atoms with Gasteiger partial charge in [0.1, 0.15) is 5.75 Å². The van der Waals surface area contributed by atoms with Gasteiger partial charge in [-0.3, -0.25) is 0 Å². The Bertz CT molecular complexity index is 671. The van der Waals surface area contributed by atoms with Crippen LogP contribution < -0.4 is 4.74 Å². The first-order valence-corrected chi connectivity index (χ1v) is 6.63. The van der Waals surface area contributed by atoms with Gasteiger partial charge < -0.3 is 9.72 Å². The highest BCUT2D eigenvalue weighted by atomic mass is 35.6. The van der Waals surface area contributed by atoms with E-state index < -0.39 is 22.1 Å². The van der Waals surface area contributed by atoms with E-state index in [2.05, 4.69) is 14.7 Å². The van der Waals surface area contributed by atoms with Gasteiger partial charge in [0.2, 0.25) is 3.79 Å². The van der Waals surface area contributed by atoms with Crippen molar-refractivity contribution in [2.45, 2.75) is 16.3 Å². The maximum atomic E-state index is 12.9. The van der Waals surface area contributed by atoms with E-state index in [1.807, 2.05) is 0 Å². The summed E-state index contributed by atoms with van der Waals surface area (Å²) >= 11 is 22.5. The lowest BCUT2D eigenvalue weighted by atomic mass is 10.3. The van der Waals surface area contributed by atoms with Crippen molar-refractivity contribution in [3.05, 3.63) is 23.0 Å². The van der Waals surface area contributed by atoms with Gasteiger partial charge in [0, 0.05) is 6.07 Å². The highest BCUT2D eigenvalue weighted by Gasteiger charge is 2.44. The number of aromatic nitrogens is 2. The van der Waals surface area contributed by atoms with Crippen molar-refractivity contribution in [1.29, 1.82) is 0 Å². The van der Waals surface area contributed by atoms with Crippen LogP contribution in [-0.2, 0) is 3.79 Å². The average Bonchev–Trinajstić information content (AvgIpc) is 2.71. The van der Waals surface area contributed by atoms with Gasteiger partial charge in [0.05, 0.1) is 16.1 Å². The Balaban J connectivity index is 2.45. The number of benzene rings is 1. The van der Waals surface area contributed by atoms with Crippen LogP contribution in [-0.4, -0.2) is 22.5 Å². The third kappa shape index (κ3) is 3.59. The smallest absolute Gasteiger partial charge is 0.427 e. The first kappa shape index (κ1) is 16.7. The Morgan fingerprint density at radius 1 is 1.19 bits per heavy atom. The minimum absolute atomic E-state index is 0.0563. The number of imidazole rings is 1. The number of alkyl halides is 7. The highest BCUT2D eigenvalue weighted by molar-refractivity contribution is 6.66. The van der Waals surface area contributed by atoms with Crippen LogP contribution in [0.4, 0.5) is 17.6 Å². The molecule has 1 aromatic carbocycles. The molecule has 0 spiro atoms. The molecule has 1 aromatic heterocycles. The van der Waals surface area contributed by atoms with Crippen molar-refractivity contribution >= 4 is 57.4 Å². The van der Waals surface area contributed by atoms with Crippen LogP contribution in [0.15, 0.2) is 12.1 Å². The summed E-state index contributed by atoms with van der Waals surface area (Å²) in [7, 11) is 0. The molecular weight excluding hydrogens is 382 g/mol. The second-order valence-corrected chi connectivity index (χ2v) is 6.54. The predicted molar refractivity (Wildman–Crippen MR) is 71.9 cm³/mol. The molecule has 0 aliphatic carbocycles. The molecule has 0 radical (unpaired) electrons. The van der Waals surface area contributed by atoms with E-state index >= 15 is 0 Å². The van der Waals surface area contributed by atoms with E-state index in [0.717, 1.165) is 12.1 Å². The zero-order chi connectivity index (χ0) is 16.0. The van der Waals surface area contributed by atoms with Gasteiger partial charge in [-0.1, -0.05) is 46.4 Å². The molecule has 0 bridgehead atoms. The fourth-order valence-corrected chi connectivity index (χ4v) is 1.89. The van der Waals surface area contributed by atoms with Crippen LogP contribution in [0.3, 0.4) is 0 Å². The number of hydrogen-bond donors (Lipinski definition) is 1. The van der Waals surface area contributed by atoms with Crippen molar-refractivity contribution in [2.75, 3.05) is 0 Å². The summed E-state index contributed by atoms with van der Waals surface area (Å²) in [5.74, 6) is -0.756. The highest BCUT2D eigenvalue weighted by Crippen LogP contribution is 2.39. The van der Waals surface area contributed by atoms with Crippen LogP contribution in [0.5, 0.6) is 5.75 Å². The largest absolute Gasteiger partial charge is 0.461 e. The molecule has 0 aliphatic rings. The molecule has 2 aromatic rings. The van der Waals surface area contributed by atoms with Crippen LogP contribution in [0.2, 0.25) is 5.02 Å². The van der Waals surface area contributed by atoms with Gasteiger partial charge in [-0.25, -0.2) is 4.98 Å². The molecule has 0 atom stereocenters. The second-order valence-electron chi connectivity index (χ2n) is 3.85. The van der Waals surface area contributed by atoms with Crippen molar-refractivity contribution in [1.82, 2.24) is 9.97 Å². The molecule has 0 aliphatic heterocycles. The number of hydrogen-bond acceptors (Lipinski definition) is 2. The number of nitrogens with one attached hydrogen (secondary N) is 1. The summed E-state index contributed by atoms with van der Waals surface area (Å²) in [6, 6.07) is 2.07. The summed E-state index contributed by atoms with van der Waals surface area (Å²) in [6.07, 6.45) is -8.70. The molecule has 0 fully saturated rings. The van der Waals surface area contributed by atoms with E-state index in [9.17, 15) is 17.6 Å². The van der Waals surface area contributed by atoms with Gasteiger partial charge in [0.25, 0.3) is 0 Å². The fourth-order valence-electron chi connectivity index (χ4n) is 1.41. The SMILES string of the molecule is FC(F)C(F)(F)Oc1cc2nc(C(Cl)(Cl)Cl)[nH]c2cc1Cl. The Morgan fingerprint density at radius 2 is 1.81 bits per heavy atom. The lowest BCUT2D eigenvalue weighted by Gasteiger charge is -2.17. The van der Waals surface area contributed by atoms with E-state index in [0.29, 0.717) is 0 Å². The molecule has 3 nitrogen and oxygen atoms in total.